The van der Waals surface area contributed by atoms with E-state index in [0.717, 1.165) is 16.7 Å². The molecule has 1 aromatic heterocycles. The molecule has 3 aromatic rings. The summed E-state index contributed by atoms with van der Waals surface area (Å²) in [5.74, 6) is 0.583. The first-order valence-electron chi connectivity index (χ1n) is 7.51. The van der Waals surface area contributed by atoms with Crippen molar-refractivity contribution in [1.82, 2.24) is 10.3 Å². The Hall–Kier alpha value is -3.15. The zero-order valence-electron chi connectivity index (χ0n) is 13.4. The minimum atomic E-state index is -0.333. The molecule has 2 aromatic carbocycles. The summed E-state index contributed by atoms with van der Waals surface area (Å²) in [7, 11) is 0. The molecule has 6 nitrogen and oxygen atoms in total. The van der Waals surface area contributed by atoms with Crippen LogP contribution in [0.15, 0.2) is 53.2 Å². The standard InChI is InChI=1S/C18H17N3O3/c1-12-6-8-14(9-7-12)17-18(21-24-20-17)19-16(22)11-23-15-5-3-4-13(2)10-15/h3-10H,11H2,1-2H3,(H,19,21,22). The van der Waals surface area contributed by atoms with Crippen LogP contribution in [0.5, 0.6) is 5.75 Å². The quantitative estimate of drug-likeness (QED) is 0.779. The van der Waals surface area contributed by atoms with E-state index in [1.165, 1.54) is 0 Å². The molecule has 0 aliphatic carbocycles. The average Bonchev–Trinajstić information content (AvgIpc) is 3.02. The Morgan fingerprint density at radius 2 is 1.88 bits per heavy atom. The van der Waals surface area contributed by atoms with Crippen LogP contribution in [0.1, 0.15) is 11.1 Å². The molecule has 0 atom stereocenters. The van der Waals surface area contributed by atoms with Crippen LogP contribution >= 0.6 is 0 Å². The van der Waals surface area contributed by atoms with Crippen molar-refractivity contribution in [2.45, 2.75) is 13.8 Å². The van der Waals surface area contributed by atoms with Crippen LogP contribution in [-0.4, -0.2) is 22.8 Å². The van der Waals surface area contributed by atoms with Gasteiger partial charge in [0.15, 0.2) is 12.3 Å². The van der Waals surface area contributed by atoms with Crippen molar-refractivity contribution in [2.75, 3.05) is 11.9 Å². The van der Waals surface area contributed by atoms with Gasteiger partial charge in [-0.25, -0.2) is 4.63 Å². The summed E-state index contributed by atoms with van der Waals surface area (Å²) in [4.78, 5) is 12.1. The van der Waals surface area contributed by atoms with Gasteiger partial charge in [-0.15, -0.1) is 0 Å². The average molecular weight is 323 g/mol. The number of anilines is 1. The lowest BCUT2D eigenvalue weighted by molar-refractivity contribution is -0.118. The number of aryl methyl sites for hydroxylation is 2. The number of rotatable bonds is 5. The zero-order valence-corrected chi connectivity index (χ0v) is 13.4. The topological polar surface area (TPSA) is 77.3 Å². The van der Waals surface area contributed by atoms with E-state index < -0.39 is 0 Å². The molecule has 0 spiro atoms. The second-order valence-corrected chi connectivity index (χ2v) is 5.48. The highest BCUT2D eigenvalue weighted by Gasteiger charge is 2.15. The van der Waals surface area contributed by atoms with E-state index in [-0.39, 0.29) is 18.3 Å². The minimum absolute atomic E-state index is 0.121. The molecular formula is C18H17N3O3. The Bertz CT molecular complexity index is 841. The summed E-state index contributed by atoms with van der Waals surface area (Å²) >= 11 is 0. The van der Waals surface area contributed by atoms with Gasteiger partial charge < -0.3 is 10.1 Å². The first-order valence-corrected chi connectivity index (χ1v) is 7.51. The molecule has 0 saturated carbocycles. The normalized spacial score (nSPS) is 10.4. The zero-order chi connectivity index (χ0) is 16.9. The van der Waals surface area contributed by atoms with Gasteiger partial charge in [0.05, 0.1) is 0 Å². The van der Waals surface area contributed by atoms with Gasteiger partial charge in [0, 0.05) is 5.56 Å². The Kier molecular flexibility index (Phi) is 4.56. The molecule has 0 unspecified atom stereocenters. The van der Waals surface area contributed by atoms with Gasteiger partial charge >= 0.3 is 0 Å². The van der Waals surface area contributed by atoms with Gasteiger partial charge in [0.2, 0.25) is 5.82 Å². The number of nitrogens with one attached hydrogen (secondary N) is 1. The fourth-order valence-electron chi connectivity index (χ4n) is 2.19. The largest absolute Gasteiger partial charge is 0.484 e. The van der Waals surface area contributed by atoms with Gasteiger partial charge in [-0.3, -0.25) is 4.79 Å². The number of ether oxygens (including phenoxy) is 1. The molecule has 0 radical (unpaired) electrons. The minimum Gasteiger partial charge on any atom is -0.484 e. The SMILES string of the molecule is Cc1ccc(-c2nonc2NC(=O)COc2cccc(C)c2)cc1. The van der Waals surface area contributed by atoms with E-state index >= 15 is 0 Å². The Labute approximate surface area is 139 Å². The molecule has 0 aliphatic rings. The second kappa shape index (κ2) is 6.95. The number of hydrogen-bond acceptors (Lipinski definition) is 5. The van der Waals surface area contributed by atoms with Crippen LogP contribution in [0.2, 0.25) is 0 Å². The van der Waals surface area contributed by atoms with Gasteiger partial charge in [-0.05, 0) is 41.9 Å². The predicted octanol–water partition coefficient (Wildman–Crippen LogP) is 3.37. The van der Waals surface area contributed by atoms with Crippen LogP contribution in [0, 0.1) is 13.8 Å². The Morgan fingerprint density at radius 1 is 1.08 bits per heavy atom. The van der Waals surface area contributed by atoms with E-state index in [4.69, 9.17) is 9.37 Å². The van der Waals surface area contributed by atoms with E-state index in [0.29, 0.717) is 11.4 Å². The number of benzene rings is 2. The van der Waals surface area contributed by atoms with Gasteiger partial charge in [-0.2, -0.15) is 0 Å². The van der Waals surface area contributed by atoms with Crippen LogP contribution in [0.25, 0.3) is 11.3 Å². The molecule has 1 heterocycles. The molecule has 3 rings (SSSR count). The fraction of sp³-hybridized carbons (Fsp3) is 0.167. The maximum Gasteiger partial charge on any atom is 0.263 e. The van der Waals surface area contributed by atoms with Crippen molar-refractivity contribution in [2.24, 2.45) is 0 Å². The molecule has 0 saturated heterocycles. The lowest BCUT2D eigenvalue weighted by Crippen LogP contribution is -2.20. The first kappa shape index (κ1) is 15.7. The molecule has 1 N–H and O–H groups in total. The van der Waals surface area contributed by atoms with E-state index in [1.54, 1.807) is 6.07 Å². The molecule has 1 amide bonds. The number of hydrogen-bond donors (Lipinski definition) is 1. The van der Waals surface area contributed by atoms with Crippen molar-refractivity contribution in [3.63, 3.8) is 0 Å². The Morgan fingerprint density at radius 3 is 2.62 bits per heavy atom. The highest BCUT2D eigenvalue weighted by Crippen LogP contribution is 2.24. The number of carbonyl (C=O) groups is 1. The van der Waals surface area contributed by atoms with Crippen molar-refractivity contribution in [1.29, 1.82) is 0 Å². The van der Waals surface area contributed by atoms with E-state index in [1.807, 2.05) is 56.3 Å². The summed E-state index contributed by atoms with van der Waals surface area (Å²) in [6, 6.07) is 15.2. The highest BCUT2D eigenvalue weighted by molar-refractivity contribution is 5.94. The lowest BCUT2D eigenvalue weighted by atomic mass is 10.1. The summed E-state index contributed by atoms with van der Waals surface area (Å²) in [6.45, 7) is 3.83. The Balaban J connectivity index is 1.65. The molecule has 0 bridgehead atoms. The number of nitrogens with zero attached hydrogens (tertiary/aromatic N) is 2. The van der Waals surface area contributed by atoms with Gasteiger partial charge in [0.1, 0.15) is 5.75 Å². The van der Waals surface area contributed by atoms with Crippen molar-refractivity contribution in [3.05, 3.63) is 59.7 Å². The lowest BCUT2D eigenvalue weighted by Gasteiger charge is -2.07. The third kappa shape index (κ3) is 3.78. The smallest absolute Gasteiger partial charge is 0.263 e. The summed E-state index contributed by atoms with van der Waals surface area (Å²) < 4.78 is 10.2. The van der Waals surface area contributed by atoms with Gasteiger partial charge in [0.25, 0.3) is 5.91 Å². The maximum absolute atomic E-state index is 12.1. The first-order chi connectivity index (χ1) is 11.6. The second-order valence-electron chi connectivity index (χ2n) is 5.48. The third-order valence-corrected chi connectivity index (χ3v) is 3.43. The van der Waals surface area contributed by atoms with E-state index in [2.05, 4.69) is 15.6 Å². The molecule has 0 fully saturated rings. The van der Waals surface area contributed by atoms with Crippen LogP contribution < -0.4 is 10.1 Å². The van der Waals surface area contributed by atoms with Crippen LogP contribution in [0.3, 0.4) is 0 Å². The highest BCUT2D eigenvalue weighted by atomic mass is 16.6. The maximum atomic E-state index is 12.1. The molecule has 6 heteroatoms. The molecule has 122 valence electrons. The number of aromatic nitrogens is 2. The molecular weight excluding hydrogens is 306 g/mol. The van der Waals surface area contributed by atoms with Crippen molar-refractivity contribution >= 4 is 11.7 Å². The number of amides is 1. The monoisotopic (exact) mass is 323 g/mol. The fourth-order valence-corrected chi connectivity index (χ4v) is 2.19. The predicted molar refractivity (Wildman–Crippen MR) is 89.8 cm³/mol. The summed E-state index contributed by atoms with van der Waals surface area (Å²) in [5, 5.41) is 10.3. The molecule has 24 heavy (non-hydrogen) atoms. The van der Waals surface area contributed by atoms with Crippen LogP contribution in [-0.2, 0) is 4.79 Å². The van der Waals surface area contributed by atoms with Crippen molar-refractivity contribution in [3.8, 4) is 17.0 Å². The molecule has 0 aliphatic heterocycles. The summed E-state index contributed by atoms with van der Waals surface area (Å²) in [6.07, 6.45) is 0. The third-order valence-electron chi connectivity index (χ3n) is 3.43. The summed E-state index contributed by atoms with van der Waals surface area (Å²) in [5.41, 5.74) is 3.50. The van der Waals surface area contributed by atoms with E-state index in [9.17, 15) is 4.79 Å². The van der Waals surface area contributed by atoms with Gasteiger partial charge in [-0.1, -0.05) is 42.0 Å². The number of carbonyl (C=O) groups excluding carboxylic acids is 1. The van der Waals surface area contributed by atoms with Crippen LogP contribution in [0.4, 0.5) is 5.82 Å². The van der Waals surface area contributed by atoms with Crippen molar-refractivity contribution < 1.29 is 14.2 Å².